The van der Waals surface area contributed by atoms with Crippen LogP contribution in [0.2, 0.25) is 0 Å². The number of thiazole rings is 1. The van der Waals surface area contributed by atoms with E-state index in [4.69, 9.17) is 0 Å². The number of hydrogen-bond acceptors (Lipinski definition) is 8. The Kier molecular flexibility index (Phi) is 5.82. The normalized spacial score (nSPS) is 11.5. The minimum atomic E-state index is -3.70. The van der Waals surface area contributed by atoms with Gasteiger partial charge < -0.3 is 5.32 Å². The lowest BCUT2D eigenvalue weighted by Gasteiger charge is -2.04. The first-order valence-electron chi connectivity index (χ1n) is 7.99. The smallest absolute Gasteiger partial charge is 0.263 e. The topological polar surface area (TPSA) is 114 Å². The first kappa shape index (κ1) is 19.4. The van der Waals surface area contributed by atoms with E-state index in [0.717, 1.165) is 16.3 Å². The first-order chi connectivity index (χ1) is 12.8. The molecule has 11 heteroatoms. The fraction of sp³-hybridized carbons (Fsp3) is 0.250. The zero-order valence-electron chi connectivity index (χ0n) is 14.5. The predicted molar refractivity (Wildman–Crippen MR) is 106 cm³/mol. The van der Waals surface area contributed by atoms with E-state index in [-0.39, 0.29) is 28.3 Å². The molecule has 0 spiro atoms. The highest BCUT2D eigenvalue weighted by Gasteiger charge is 2.17. The van der Waals surface area contributed by atoms with Crippen LogP contribution in [0.3, 0.4) is 0 Å². The molecule has 0 atom stereocenters. The molecule has 0 aliphatic carbocycles. The molecule has 2 aromatic heterocycles. The molecule has 0 saturated heterocycles. The van der Waals surface area contributed by atoms with Gasteiger partial charge in [-0.2, -0.15) is 0 Å². The fourth-order valence-corrected chi connectivity index (χ4v) is 4.80. The average Bonchev–Trinajstić information content (AvgIpc) is 3.25. The summed E-state index contributed by atoms with van der Waals surface area (Å²) >= 11 is 2.45. The molecule has 0 fully saturated rings. The van der Waals surface area contributed by atoms with E-state index in [1.54, 1.807) is 23.6 Å². The Morgan fingerprint density at radius 1 is 1.15 bits per heavy atom. The van der Waals surface area contributed by atoms with Crippen LogP contribution < -0.4 is 10.0 Å². The Morgan fingerprint density at radius 2 is 1.89 bits per heavy atom. The number of hydrogen-bond donors (Lipinski definition) is 2. The van der Waals surface area contributed by atoms with Gasteiger partial charge in [0.2, 0.25) is 11.0 Å². The molecule has 2 heterocycles. The van der Waals surface area contributed by atoms with Gasteiger partial charge in [-0.15, -0.1) is 21.5 Å². The van der Waals surface area contributed by atoms with Gasteiger partial charge in [0.25, 0.3) is 10.0 Å². The lowest BCUT2D eigenvalue weighted by molar-refractivity contribution is -0.115. The van der Waals surface area contributed by atoms with Crippen molar-refractivity contribution in [2.75, 3.05) is 10.0 Å². The standard InChI is InChI=1S/C16H17N5O3S3/c1-10(2)14-19-20-15(26-14)18-13(22)8-11-9-25-16(17-11)21-27(23,24)12-6-4-3-5-7-12/h3-7,9-10H,8H2,1-2H3,(H,17,21)(H,18,20,22). The summed E-state index contributed by atoms with van der Waals surface area (Å²) in [6, 6.07) is 8.02. The monoisotopic (exact) mass is 423 g/mol. The Morgan fingerprint density at radius 3 is 2.56 bits per heavy atom. The number of anilines is 2. The molecule has 8 nitrogen and oxygen atoms in total. The zero-order chi connectivity index (χ0) is 19.4. The van der Waals surface area contributed by atoms with Crippen LogP contribution in [0.25, 0.3) is 0 Å². The van der Waals surface area contributed by atoms with Crippen LogP contribution in [0.5, 0.6) is 0 Å². The van der Waals surface area contributed by atoms with E-state index in [0.29, 0.717) is 10.8 Å². The summed E-state index contributed by atoms with van der Waals surface area (Å²) in [4.78, 5) is 16.5. The number of aromatic nitrogens is 3. The maximum atomic E-state index is 12.3. The molecule has 3 aromatic rings. The van der Waals surface area contributed by atoms with Crippen LogP contribution in [-0.4, -0.2) is 29.5 Å². The van der Waals surface area contributed by atoms with Gasteiger partial charge in [0.15, 0.2) is 5.13 Å². The second-order valence-corrected chi connectivity index (χ2v) is 9.44. The summed E-state index contributed by atoms with van der Waals surface area (Å²) in [5, 5.41) is 13.8. The molecule has 27 heavy (non-hydrogen) atoms. The summed E-state index contributed by atoms with van der Waals surface area (Å²) in [6.45, 7) is 4.00. The SMILES string of the molecule is CC(C)c1nnc(NC(=O)Cc2csc(NS(=O)(=O)c3ccccc3)n2)s1. The summed E-state index contributed by atoms with van der Waals surface area (Å²) in [5.74, 6) is -0.0453. The second kappa shape index (κ2) is 8.11. The van der Waals surface area contributed by atoms with Gasteiger partial charge in [0.05, 0.1) is 17.0 Å². The van der Waals surface area contributed by atoms with E-state index in [1.165, 1.54) is 23.5 Å². The van der Waals surface area contributed by atoms with Crippen molar-refractivity contribution in [2.24, 2.45) is 0 Å². The molecule has 0 unspecified atom stereocenters. The summed E-state index contributed by atoms with van der Waals surface area (Å²) < 4.78 is 27.0. The maximum absolute atomic E-state index is 12.3. The highest BCUT2D eigenvalue weighted by molar-refractivity contribution is 7.93. The quantitative estimate of drug-likeness (QED) is 0.604. The van der Waals surface area contributed by atoms with Gasteiger partial charge in [0, 0.05) is 11.3 Å². The Balaban J connectivity index is 1.61. The minimum absolute atomic E-state index is 0.0140. The first-order valence-corrected chi connectivity index (χ1v) is 11.2. The van der Waals surface area contributed by atoms with Gasteiger partial charge >= 0.3 is 0 Å². The van der Waals surface area contributed by atoms with E-state index < -0.39 is 10.0 Å². The van der Waals surface area contributed by atoms with Crippen LogP contribution in [-0.2, 0) is 21.2 Å². The molecule has 1 aromatic carbocycles. The predicted octanol–water partition coefficient (Wildman–Crippen LogP) is 3.10. The number of rotatable bonds is 7. The van der Waals surface area contributed by atoms with Gasteiger partial charge in [-0.1, -0.05) is 43.4 Å². The number of benzene rings is 1. The summed E-state index contributed by atoms with van der Waals surface area (Å²) in [7, 11) is -3.70. The number of nitrogens with one attached hydrogen (secondary N) is 2. The molecule has 0 aliphatic rings. The van der Waals surface area contributed by atoms with Crippen LogP contribution in [0.15, 0.2) is 40.6 Å². The molecule has 142 valence electrons. The minimum Gasteiger partial charge on any atom is -0.300 e. The Bertz CT molecular complexity index is 1030. The van der Waals surface area contributed by atoms with Crippen molar-refractivity contribution in [1.29, 1.82) is 0 Å². The zero-order valence-corrected chi connectivity index (χ0v) is 17.0. The number of carbonyl (C=O) groups excluding carboxylic acids is 1. The molecule has 2 N–H and O–H groups in total. The van der Waals surface area contributed by atoms with Crippen LogP contribution in [0, 0.1) is 0 Å². The van der Waals surface area contributed by atoms with Crippen LogP contribution in [0.1, 0.15) is 30.5 Å². The lowest BCUT2D eigenvalue weighted by Crippen LogP contribution is -2.15. The number of amides is 1. The number of nitrogens with zero attached hydrogens (tertiary/aromatic N) is 3. The molecule has 0 saturated carbocycles. The van der Waals surface area contributed by atoms with Crippen molar-refractivity contribution in [3.63, 3.8) is 0 Å². The highest BCUT2D eigenvalue weighted by Crippen LogP contribution is 2.23. The van der Waals surface area contributed by atoms with Crippen molar-refractivity contribution in [3.05, 3.63) is 46.4 Å². The molecule has 0 bridgehead atoms. The van der Waals surface area contributed by atoms with Crippen molar-refractivity contribution in [2.45, 2.75) is 31.1 Å². The number of sulfonamides is 1. The molecular formula is C16H17N5O3S3. The maximum Gasteiger partial charge on any atom is 0.263 e. The van der Waals surface area contributed by atoms with E-state index in [9.17, 15) is 13.2 Å². The molecule has 0 radical (unpaired) electrons. The van der Waals surface area contributed by atoms with Crippen LogP contribution in [0.4, 0.5) is 10.3 Å². The Hall–Kier alpha value is -2.37. The molecule has 3 rings (SSSR count). The third kappa shape index (κ3) is 5.08. The third-order valence-corrected chi connectivity index (χ3v) is 6.78. The van der Waals surface area contributed by atoms with Crippen LogP contribution >= 0.6 is 22.7 Å². The molecule has 0 aliphatic heterocycles. The van der Waals surface area contributed by atoms with Gasteiger partial charge in [0.1, 0.15) is 5.01 Å². The summed E-state index contributed by atoms with van der Waals surface area (Å²) in [5.41, 5.74) is 0.469. The highest BCUT2D eigenvalue weighted by atomic mass is 32.2. The van der Waals surface area contributed by atoms with Gasteiger partial charge in [-0.05, 0) is 12.1 Å². The van der Waals surface area contributed by atoms with E-state index >= 15 is 0 Å². The van der Waals surface area contributed by atoms with Gasteiger partial charge in [-0.3, -0.25) is 9.52 Å². The van der Waals surface area contributed by atoms with Crippen molar-refractivity contribution in [3.8, 4) is 0 Å². The van der Waals surface area contributed by atoms with E-state index in [1.807, 2.05) is 13.8 Å². The molecular weight excluding hydrogens is 406 g/mol. The second-order valence-electron chi connectivity index (χ2n) is 5.89. The number of carbonyl (C=O) groups is 1. The van der Waals surface area contributed by atoms with E-state index in [2.05, 4.69) is 25.2 Å². The fourth-order valence-electron chi connectivity index (χ4n) is 2.05. The lowest BCUT2D eigenvalue weighted by atomic mass is 10.2. The van der Waals surface area contributed by atoms with Crippen molar-refractivity contribution >= 4 is 48.9 Å². The molecule has 1 amide bonds. The summed E-state index contributed by atoms with van der Waals surface area (Å²) in [6.07, 6.45) is 0.0140. The average molecular weight is 424 g/mol. The van der Waals surface area contributed by atoms with Crippen molar-refractivity contribution in [1.82, 2.24) is 15.2 Å². The third-order valence-electron chi connectivity index (χ3n) is 3.35. The largest absolute Gasteiger partial charge is 0.300 e. The van der Waals surface area contributed by atoms with Crippen molar-refractivity contribution < 1.29 is 13.2 Å². The van der Waals surface area contributed by atoms with Gasteiger partial charge in [-0.25, -0.2) is 13.4 Å². The Labute approximate surface area is 164 Å².